The van der Waals surface area contributed by atoms with Gasteiger partial charge in [-0.25, -0.2) is 0 Å². The molecule has 0 saturated carbocycles. The predicted molar refractivity (Wildman–Crippen MR) is 78.1 cm³/mol. The molecule has 2 aromatic rings. The monoisotopic (exact) mass is 270 g/mol. The number of hydrogen-bond acceptors (Lipinski definition) is 3. The van der Waals surface area contributed by atoms with E-state index in [0.717, 1.165) is 42.3 Å². The van der Waals surface area contributed by atoms with Gasteiger partial charge in [-0.05, 0) is 42.5 Å². The van der Waals surface area contributed by atoms with E-state index in [1.54, 1.807) is 14.2 Å². The molecular formula is C17H18O3. The standard InChI is InChI=1S/C17H18O3/c1-18-14-8-6-12-4-3-5-13-7-9-15(19-2)11-17(13)20-16(12)10-14/h6-11H,3-5H2,1-2H3. The van der Waals surface area contributed by atoms with Crippen molar-refractivity contribution in [2.24, 2.45) is 0 Å². The third kappa shape index (κ3) is 2.44. The van der Waals surface area contributed by atoms with Gasteiger partial charge in [-0.15, -0.1) is 0 Å². The van der Waals surface area contributed by atoms with Crippen LogP contribution in [0.3, 0.4) is 0 Å². The van der Waals surface area contributed by atoms with Crippen LogP contribution in [0.15, 0.2) is 36.4 Å². The number of methoxy groups -OCH3 is 2. The van der Waals surface area contributed by atoms with Gasteiger partial charge in [0.05, 0.1) is 14.2 Å². The Morgan fingerprint density at radius 2 is 1.30 bits per heavy atom. The largest absolute Gasteiger partial charge is 0.497 e. The first-order chi connectivity index (χ1) is 9.80. The summed E-state index contributed by atoms with van der Waals surface area (Å²) in [5.41, 5.74) is 2.44. The fourth-order valence-corrected chi connectivity index (χ4v) is 2.51. The average molecular weight is 270 g/mol. The second-order valence-electron chi connectivity index (χ2n) is 4.90. The van der Waals surface area contributed by atoms with Gasteiger partial charge >= 0.3 is 0 Å². The Balaban J connectivity index is 2.03. The first kappa shape index (κ1) is 12.9. The highest BCUT2D eigenvalue weighted by Gasteiger charge is 2.14. The van der Waals surface area contributed by atoms with Crippen LogP contribution >= 0.6 is 0 Å². The summed E-state index contributed by atoms with van der Waals surface area (Å²) in [6.45, 7) is 0. The highest BCUT2D eigenvalue weighted by molar-refractivity contribution is 5.48. The second-order valence-corrected chi connectivity index (χ2v) is 4.90. The number of fused-ring (bicyclic) bond motifs is 2. The molecule has 0 spiro atoms. The van der Waals surface area contributed by atoms with Crippen molar-refractivity contribution in [3.63, 3.8) is 0 Å². The molecule has 20 heavy (non-hydrogen) atoms. The van der Waals surface area contributed by atoms with E-state index in [1.165, 1.54) is 11.1 Å². The zero-order valence-electron chi connectivity index (χ0n) is 11.8. The maximum atomic E-state index is 6.11. The average Bonchev–Trinajstić information content (AvgIpc) is 2.47. The van der Waals surface area contributed by atoms with Crippen LogP contribution < -0.4 is 14.2 Å². The Morgan fingerprint density at radius 1 is 0.800 bits per heavy atom. The predicted octanol–water partition coefficient (Wildman–Crippen LogP) is 3.98. The normalized spacial score (nSPS) is 13.3. The van der Waals surface area contributed by atoms with Gasteiger partial charge in [0.25, 0.3) is 0 Å². The molecule has 1 aliphatic rings. The second kappa shape index (κ2) is 5.45. The SMILES string of the molecule is COc1ccc2c(c1)Oc1cc(OC)ccc1CCC2. The highest BCUT2D eigenvalue weighted by Crippen LogP contribution is 2.36. The van der Waals surface area contributed by atoms with Crippen molar-refractivity contribution >= 4 is 0 Å². The first-order valence-electron chi connectivity index (χ1n) is 6.82. The van der Waals surface area contributed by atoms with Crippen molar-refractivity contribution in [2.45, 2.75) is 19.3 Å². The fraction of sp³-hybridized carbons (Fsp3) is 0.294. The third-order valence-corrected chi connectivity index (χ3v) is 3.66. The van der Waals surface area contributed by atoms with E-state index in [4.69, 9.17) is 14.2 Å². The molecule has 0 aliphatic carbocycles. The van der Waals surface area contributed by atoms with Gasteiger partial charge < -0.3 is 14.2 Å². The van der Waals surface area contributed by atoms with Crippen molar-refractivity contribution in [3.8, 4) is 23.0 Å². The van der Waals surface area contributed by atoms with Gasteiger partial charge in [-0.3, -0.25) is 0 Å². The van der Waals surface area contributed by atoms with Crippen LogP contribution in [0.4, 0.5) is 0 Å². The van der Waals surface area contributed by atoms with Crippen LogP contribution in [-0.2, 0) is 12.8 Å². The van der Waals surface area contributed by atoms with Gasteiger partial charge in [0.2, 0.25) is 0 Å². The minimum Gasteiger partial charge on any atom is -0.497 e. The molecule has 0 unspecified atom stereocenters. The molecule has 0 saturated heterocycles. The minimum atomic E-state index is 0.814. The van der Waals surface area contributed by atoms with E-state index < -0.39 is 0 Å². The van der Waals surface area contributed by atoms with E-state index in [1.807, 2.05) is 24.3 Å². The Kier molecular flexibility index (Phi) is 3.50. The van der Waals surface area contributed by atoms with Crippen LogP contribution in [0.5, 0.6) is 23.0 Å². The summed E-state index contributed by atoms with van der Waals surface area (Å²) >= 11 is 0. The quantitative estimate of drug-likeness (QED) is 0.826. The molecule has 0 atom stereocenters. The summed E-state index contributed by atoms with van der Waals surface area (Å²) in [5, 5.41) is 0. The van der Waals surface area contributed by atoms with Crippen LogP contribution in [0, 0.1) is 0 Å². The van der Waals surface area contributed by atoms with Crippen molar-refractivity contribution in [1.29, 1.82) is 0 Å². The number of rotatable bonds is 2. The van der Waals surface area contributed by atoms with Crippen LogP contribution in [0.2, 0.25) is 0 Å². The topological polar surface area (TPSA) is 27.7 Å². The summed E-state index contributed by atoms with van der Waals surface area (Å²) in [6, 6.07) is 12.0. The van der Waals surface area contributed by atoms with E-state index in [9.17, 15) is 0 Å². The van der Waals surface area contributed by atoms with Gasteiger partial charge in [0.1, 0.15) is 23.0 Å². The third-order valence-electron chi connectivity index (χ3n) is 3.66. The van der Waals surface area contributed by atoms with Crippen LogP contribution in [0.1, 0.15) is 17.5 Å². The summed E-state index contributed by atoms with van der Waals surface area (Å²) in [5.74, 6) is 3.37. The molecule has 0 bridgehead atoms. The maximum Gasteiger partial charge on any atom is 0.134 e. The molecule has 2 aromatic carbocycles. The molecule has 1 aliphatic heterocycles. The van der Waals surface area contributed by atoms with E-state index in [-0.39, 0.29) is 0 Å². The molecule has 0 radical (unpaired) electrons. The summed E-state index contributed by atoms with van der Waals surface area (Å²) in [4.78, 5) is 0. The fourth-order valence-electron chi connectivity index (χ4n) is 2.51. The molecule has 0 N–H and O–H groups in total. The number of hydrogen-bond donors (Lipinski definition) is 0. The lowest BCUT2D eigenvalue weighted by atomic mass is 10.0. The van der Waals surface area contributed by atoms with Crippen molar-refractivity contribution < 1.29 is 14.2 Å². The molecular weight excluding hydrogens is 252 g/mol. The number of ether oxygens (including phenoxy) is 3. The Bertz CT molecular complexity index is 566. The van der Waals surface area contributed by atoms with Crippen LogP contribution in [0.25, 0.3) is 0 Å². The smallest absolute Gasteiger partial charge is 0.134 e. The van der Waals surface area contributed by atoms with Gasteiger partial charge in [0.15, 0.2) is 0 Å². The summed E-state index contributed by atoms with van der Waals surface area (Å²) in [7, 11) is 3.34. The number of aryl methyl sites for hydroxylation is 2. The van der Waals surface area contributed by atoms with Gasteiger partial charge in [-0.1, -0.05) is 12.1 Å². The lowest BCUT2D eigenvalue weighted by molar-refractivity contribution is 0.400. The zero-order chi connectivity index (χ0) is 13.9. The molecule has 0 amide bonds. The lowest BCUT2D eigenvalue weighted by Gasteiger charge is -2.19. The molecule has 3 nitrogen and oxygen atoms in total. The van der Waals surface area contributed by atoms with Crippen molar-refractivity contribution in [2.75, 3.05) is 14.2 Å². The number of benzene rings is 2. The summed E-state index contributed by atoms with van der Waals surface area (Å²) < 4.78 is 16.7. The molecule has 0 fully saturated rings. The van der Waals surface area contributed by atoms with Crippen molar-refractivity contribution in [1.82, 2.24) is 0 Å². The summed E-state index contributed by atoms with van der Waals surface area (Å²) in [6.07, 6.45) is 3.15. The molecule has 3 heteroatoms. The molecule has 0 aromatic heterocycles. The van der Waals surface area contributed by atoms with Crippen molar-refractivity contribution in [3.05, 3.63) is 47.5 Å². The van der Waals surface area contributed by atoms with Gasteiger partial charge in [0, 0.05) is 12.1 Å². The van der Waals surface area contributed by atoms with Gasteiger partial charge in [-0.2, -0.15) is 0 Å². The highest BCUT2D eigenvalue weighted by atomic mass is 16.5. The molecule has 3 rings (SSSR count). The maximum absolute atomic E-state index is 6.11. The first-order valence-corrected chi connectivity index (χ1v) is 6.82. The zero-order valence-corrected chi connectivity index (χ0v) is 11.8. The van der Waals surface area contributed by atoms with E-state index in [2.05, 4.69) is 12.1 Å². The van der Waals surface area contributed by atoms with E-state index in [0.29, 0.717) is 0 Å². The Hall–Kier alpha value is -2.16. The lowest BCUT2D eigenvalue weighted by Crippen LogP contribution is -2.02. The molecule has 1 heterocycles. The van der Waals surface area contributed by atoms with E-state index >= 15 is 0 Å². The minimum absolute atomic E-state index is 0.814. The Labute approximate surface area is 119 Å². The van der Waals surface area contributed by atoms with Crippen LogP contribution in [-0.4, -0.2) is 14.2 Å². The Morgan fingerprint density at radius 3 is 1.75 bits per heavy atom. The molecule has 104 valence electrons.